The van der Waals surface area contributed by atoms with Gasteiger partial charge in [-0.05, 0) is 38.0 Å². The summed E-state index contributed by atoms with van der Waals surface area (Å²) >= 11 is 5.19. The summed E-state index contributed by atoms with van der Waals surface area (Å²) in [4.78, 5) is 0. The Balaban J connectivity index is 3.12. The average Bonchev–Trinajstić information content (AvgIpc) is 2.33. The predicted molar refractivity (Wildman–Crippen MR) is 81.5 cm³/mol. The molecule has 0 aromatic heterocycles. The predicted octanol–water partition coefficient (Wildman–Crippen LogP) is 3.62. The third-order valence-corrected chi connectivity index (χ3v) is 4.44. The number of thiocarbonyl (C=S) groups is 1. The Morgan fingerprint density at radius 2 is 1.82 bits per heavy atom. The summed E-state index contributed by atoms with van der Waals surface area (Å²) in [6.07, 6.45) is 8.50. The van der Waals surface area contributed by atoms with Crippen molar-refractivity contribution < 1.29 is 9.16 Å². The Kier molecular flexibility index (Phi) is 14.2. The van der Waals surface area contributed by atoms with Gasteiger partial charge in [0, 0.05) is 13.0 Å². The molecule has 4 heteroatoms. The second-order valence-electron chi connectivity index (χ2n) is 4.29. The van der Waals surface area contributed by atoms with Crippen LogP contribution in [0.5, 0.6) is 0 Å². The van der Waals surface area contributed by atoms with Gasteiger partial charge in [0.2, 0.25) is 0 Å². The molecule has 0 radical (unpaired) electrons. The first-order valence-electron chi connectivity index (χ1n) is 7.04. The van der Waals surface area contributed by atoms with E-state index in [1.165, 1.54) is 38.1 Å². The van der Waals surface area contributed by atoms with Crippen molar-refractivity contribution in [3.05, 3.63) is 0 Å². The fourth-order valence-corrected chi connectivity index (χ4v) is 2.71. The number of unbranched alkanes of at least 4 members (excludes halogenated alkanes) is 4. The van der Waals surface area contributed by atoms with Crippen LogP contribution < -0.4 is 0 Å². The Morgan fingerprint density at radius 3 is 2.53 bits per heavy atom. The Bertz CT molecular complexity index is 177. The first kappa shape index (κ1) is 17.1. The third-order valence-electron chi connectivity index (χ3n) is 2.63. The molecule has 0 aromatic rings. The number of ether oxygens (including phenoxy) is 1. The van der Waals surface area contributed by atoms with Crippen LogP contribution in [0.15, 0.2) is 0 Å². The highest BCUT2D eigenvalue weighted by Crippen LogP contribution is 2.07. The van der Waals surface area contributed by atoms with Gasteiger partial charge < -0.3 is 9.16 Å². The molecule has 0 saturated heterocycles. The summed E-state index contributed by atoms with van der Waals surface area (Å²) in [7, 11) is -0.282. The van der Waals surface area contributed by atoms with Crippen LogP contribution in [0.25, 0.3) is 0 Å². The lowest BCUT2D eigenvalue weighted by molar-refractivity contribution is 0.298. The lowest BCUT2D eigenvalue weighted by atomic mass is 10.1. The summed E-state index contributed by atoms with van der Waals surface area (Å²) in [5, 5.41) is 0.805. The van der Waals surface area contributed by atoms with Gasteiger partial charge in [-0.15, -0.1) is 0 Å². The van der Waals surface area contributed by atoms with Crippen molar-refractivity contribution in [2.24, 2.45) is 0 Å². The minimum atomic E-state index is -0.282. The minimum Gasteiger partial charge on any atom is -0.487 e. The maximum Gasteiger partial charge on any atom is 0.161 e. The van der Waals surface area contributed by atoms with Gasteiger partial charge in [0.1, 0.15) is 0 Å². The van der Waals surface area contributed by atoms with Crippen LogP contribution in [0.2, 0.25) is 6.04 Å². The molecule has 0 saturated carbocycles. The van der Waals surface area contributed by atoms with Crippen molar-refractivity contribution in [1.82, 2.24) is 0 Å². The lowest BCUT2D eigenvalue weighted by Gasteiger charge is -2.07. The Morgan fingerprint density at radius 1 is 1.06 bits per heavy atom. The maximum atomic E-state index is 5.53. The summed E-state index contributed by atoms with van der Waals surface area (Å²) in [6.45, 7) is 5.94. The Labute approximate surface area is 114 Å². The van der Waals surface area contributed by atoms with E-state index in [9.17, 15) is 0 Å². The van der Waals surface area contributed by atoms with E-state index in [2.05, 4.69) is 13.8 Å². The van der Waals surface area contributed by atoms with Crippen molar-refractivity contribution in [1.29, 1.82) is 0 Å². The van der Waals surface area contributed by atoms with Crippen LogP contribution in [-0.4, -0.2) is 28.0 Å². The van der Waals surface area contributed by atoms with Crippen molar-refractivity contribution in [3.8, 4) is 0 Å². The fourth-order valence-electron chi connectivity index (χ4n) is 1.58. The first-order chi connectivity index (χ1) is 8.31. The Hall–Kier alpha value is 0.0669. The topological polar surface area (TPSA) is 18.5 Å². The van der Waals surface area contributed by atoms with Gasteiger partial charge in [0.05, 0.1) is 6.61 Å². The van der Waals surface area contributed by atoms with Crippen molar-refractivity contribution >= 4 is 27.0 Å². The molecule has 0 aliphatic carbocycles. The zero-order chi connectivity index (χ0) is 12.8. The standard InChI is InChI=1S/C13H28O2SSi/c1-3-5-6-7-8-10-13(16)14-11-9-12-17-15-4-2/h3-12,17H2,1-2H3. The molecule has 0 aliphatic rings. The van der Waals surface area contributed by atoms with E-state index >= 15 is 0 Å². The number of rotatable bonds is 12. The van der Waals surface area contributed by atoms with E-state index < -0.39 is 0 Å². The molecule has 17 heavy (non-hydrogen) atoms. The van der Waals surface area contributed by atoms with Crippen LogP contribution in [0.1, 0.15) is 58.8 Å². The molecule has 0 aromatic carbocycles. The van der Waals surface area contributed by atoms with Crippen LogP contribution in [0.4, 0.5) is 0 Å². The van der Waals surface area contributed by atoms with E-state index in [1.54, 1.807) is 0 Å². The maximum absolute atomic E-state index is 5.53. The molecule has 102 valence electrons. The van der Waals surface area contributed by atoms with Crippen LogP contribution in [-0.2, 0) is 9.16 Å². The quantitative estimate of drug-likeness (QED) is 0.308. The largest absolute Gasteiger partial charge is 0.487 e. The highest BCUT2D eigenvalue weighted by atomic mass is 32.1. The van der Waals surface area contributed by atoms with E-state index in [0.717, 1.165) is 31.1 Å². The molecule has 0 bridgehead atoms. The summed E-state index contributed by atoms with van der Waals surface area (Å²) in [6, 6.07) is 1.20. The second kappa shape index (κ2) is 14.1. The molecular formula is C13H28O2SSi. The highest BCUT2D eigenvalue weighted by molar-refractivity contribution is 7.80. The third kappa shape index (κ3) is 14.0. The van der Waals surface area contributed by atoms with Crippen molar-refractivity contribution in [3.63, 3.8) is 0 Å². The molecule has 0 spiro atoms. The smallest absolute Gasteiger partial charge is 0.161 e. The van der Waals surface area contributed by atoms with Gasteiger partial charge in [-0.3, -0.25) is 0 Å². The van der Waals surface area contributed by atoms with Crippen LogP contribution >= 0.6 is 12.2 Å². The fraction of sp³-hybridized carbons (Fsp3) is 0.923. The molecule has 2 nitrogen and oxygen atoms in total. The number of hydrogen-bond donors (Lipinski definition) is 0. The van der Waals surface area contributed by atoms with Gasteiger partial charge in [-0.2, -0.15) is 0 Å². The molecule has 0 unspecified atom stereocenters. The second-order valence-corrected chi connectivity index (χ2v) is 6.27. The van der Waals surface area contributed by atoms with E-state index in [4.69, 9.17) is 21.4 Å². The minimum absolute atomic E-state index is 0.282. The van der Waals surface area contributed by atoms with E-state index in [0.29, 0.717) is 0 Å². The van der Waals surface area contributed by atoms with Crippen LogP contribution in [0, 0.1) is 0 Å². The monoisotopic (exact) mass is 276 g/mol. The molecule has 0 atom stereocenters. The molecule has 0 fully saturated rings. The van der Waals surface area contributed by atoms with Crippen molar-refractivity contribution in [2.45, 2.75) is 64.8 Å². The molecule has 0 amide bonds. The molecule has 0 heterocycles. The van der Waals surface area contributed by atoms with Gasteiger partial charge in [-0.1, -0.05) is 32.6 Å². The van der Waals surface area contributed by atoms with E-state index in [-0.39, 0.29) is 9.76 Å². The first-order valence-corrected chi connectivity index (χ1v) is 9.03. The molecule has 0 aliphatic heterocycles. The molecular weight excluding hydrogens is 248 g/mol. The normalized spacial score (nSPS) is 11.2. The molecule has 0 rings (SSSR count). The lowest BCUT2D eigenvalue weighted by Crippen LogP contribution is -2.05. The summed E-state index contributed by atoms with van der Waals surface area (Å²) < 4.78 is 10.9. The summed E-state index contributed by atoms with van der Waals surface area (Å²) in [5.41, 5.74) is 0. The number of hydrogen-bond acceptors (Lipinski definition) is 3. The zero-order valence-electron chi connectivity index (χ0n) is 11.5. The van der Waals surface area contributed by atoms with Crippen molar-refractivity contribution in [2.75, 3.05) is 13.2 Å². The summed E-state index contributed by atoms with van der Waals surface area (Å²) in [5.74, 6) is 0. The highest BCUT2D eigenvalue weighted by Gasteiger charge is 1.98. The van der Waals surface area contributed by atoms with Gasteiger partial charge in [0.25, 0.3) is 0 Å². The average molecular weight is 277 g/mol. The van der Waals surface area contributed by atoms with Gasteiger partial charge in [-0.25, -0.2) is 0 Å². The zero-order valence-corrected chi connectivity index (χ0v) is 13.7. The molecule has 0 N–H and O–H groups in total. The van der Waals surface area contributed by atoms with Gasteiger partial charge in [0.15, 0.2) is 14.8 Å². The van der Waals surface area contributed by atoms with E-state index in [1.807, 2.05) is 0 Å². The SMILES string of the molecule is CCCCCCCC(=S)OCCC[SiH2]OCC. The van der Waals surface area contributed by atoms with Gasteiger partial charge >= 0.3 is 0 Å². The van der Waals surface area contributed by atoms with Crippen LogP contribution in [0.3, 0.4) is 0 Å².